The van der Waals surface area contributed by atoms with Gasteiger partial charge in [-0.3, -0.25) is 0 Å². The van der Waals surface area contributed by atoms with Crippen molar-refractivity contribution in [3.05, 3.63) is 120 Å². The Labute approximate surface area is 184 Å². The minimum atomic E-state index is -0.596. The fourth-order valence-corrected chi connectivity index (χ4v) is 6.75. The number of hydrogen-bond acceptors (Lipinski definition) is 2. The zero-order valence-electron chi connectivity index (χ0n) is 17.5. The predicted molar refractivity (Wildman–Crippen MR) is 130 cm³/mol. The Bertz CT molecular complexity index is 1170. The summed E-state index contributed by atoms with van der Waals surface area (Å²) in [5.74, 6) is 0. The van der Waals surface area contributed by atoms with Crippen LogP contribution in [0.25, 0.3) is 11.3 Å². The lowest BCUT2D eigenvalue weighted by Gasteiger charge is -2.24. The molecule has 0 fully saturated rings. The molecule has 1 aliphatic carbocycles. The first kappa shape index (κ1) is 19.7. The van der Waals surface area contributed by atoms with E-state index in [4.69, 9.17) is 0 Å². The summed E-state index contributed by atoms with van der Waals surface area (Å²) in [6, 6.07) is 32.1. The third-order valence-corrected chi connectivity index (χ3v) is 8.28. The molecule has 4 aromatic rings. The summed E-state index contributed by atoms with van der Waals surface area (Å²) < 4.78 is 2.00. The number of benzene rings is 3. The smallest absolute Gasteiger partial charge is 0.113 e. The van der Waals surface area contributed by atoms with Crippen LogP contribution in [0, 0.1) is 0 Å². The van der Waals surface area contributed by atoms with Crippen LogP contribution in [-0.2, 0) is 0 Å². The molecule has 0 radical (unpaired) electrons. The van der Waals surface area contributed by atoms with Gasteiger partial charge in [-0.1, -0.05) is 108 Å². The molecular formula is C27H24N3P. The fourth-order valence-electron chi connectivity index (χ4n) is 4.08. The Hall–Kier alpha value is -3.29. The van der Waals surface area contributed by atoms with Crippen molar-refractivity contribution in [1.29, 1.82) is 0 Å². The Morgan fingerprint density at radius 1 is 0.806 bits per heavy atom. The number of hydrogen-bond donors (Lipinski definition) is 0. The molecule has 31 heavy (non-hydrogen) atoms. The minimum absolute atomic E-state index is 0.121. The van der Waals surface area contributed by atoms with Gasteiger partial charge >= 0.3 is 0 Å². The molecule has 5 rings (SSSR count). The predicted octanol–water partition coefficient (Wildman–Crippen LogP) is 5.85. The van der Waals surface area contributed by atoms with Gasteiger partial charge in [-0.25, -0.2) is 4.68 Å². The highest BCUT2D eigenvalue weighted by Crippen LogP contribution is 2.50. The van der Waals surface area contributed by atoms with Crippen LogP contribution in [0.1, 0.15) is 19.4 Å². The molecule has 0 amide bonds. The first-order valence-corrected chi connectivity index (χ1v) is 11.9. The van der Waals surface area contributed by atoms with Crippen molar-refractivity contribution in [3.63, 3.8) is 0 Å². The van der Waals surface area contributed by atoms with Crippen molar-refractivity contribution in [3.8, 4) is 11.3 Å². The fraction of sp³-hybridized carbons (Fsp3) is 0.111. The lowest BCUT2D eigenvalue weighted by Crippen LogP contribution is -2.15. The maximum absolute atomic E-state index is 4.48. The van der Waals surface area contributed by atoms with Crippen molar-refractivity contribution < 1.29 is 0 Å². The van der Waals surface area contributed by atoms with Crippen molar-refractivity contribution in [1.82, 2.24) is 15.0 Å². The largest absolute Gasteiger partial charge is 0.245 e. The van der Waals surface area contributed by atoms with Gasteiger partial charge in [0.1, 0.15) is 5.69 Å². The molecule has 0 bridgehead atoms. The summed E-state index contributed by atoms with van der Waals surface area (Å²) in [6.07, 6.45) is 7.61. The normalized spacial score (nSPS) is 14.4. The molecule has 0 saturated carbocycles. The maximum Gasteiger partial charge on any atom is 0.113 e. The van der Waals surface area contributed by atoms with E-state index in [1.165, 1.54) is 21.5 Å². The number of aromatic nitrogens is 3. The topological polar surface area (TPSA) is 30.7 Å². The van der Waals surface area contributed by atoms with E-state index in [0.717, 1.165) is 17.7 Å². The second kappa shape index (κ2) is 8.83. The van der Waals surface area contributed by atoms with Gasteiger partial charge in [-0.05, 0) is 42.8 Å². The van der Waals surface area contributed by atoms with Crippen molar-refractivity contribution in [2.24, 2.45) is 0 Å². The Morgan fingerprint density at radius 2 is 1.39 bits per heavy atom. The van der Waals surface area contributed by atoms with Gasteiger partial charge in [0.2, 0.25) is 0 Å². The summed E-state index contributed by atoms with van der Waals surface area (Å²) in [4.78, 5) is 0. The van der Waals surface area contributed by atoms with E-state index in [-0.39, 0.29) is 6.04 Å². The molecule has 0 spiro atoms. The van der Waals surface area contributed by atoms with E-state index >= 15 is 0 Å². The zero-order chi connectivity index (χ0) is 21.0. The molecule has 3 aromatic carbocycles. The molecule has 1 aromatic heterocycles. The lowest BCUT2D eigenvalue weighted by atomic mass is 10.1. The van der Waals surface area contributed by atoms with Gasteiger partial charge in [0, 0.05) is 5.56 Å². The maximum atomic E-state index is 4.48. The number of rotatable bonds is 6. The first-order valence-electron chi connectivity index (χ1n) is 10.6. The van der Waals surface area contributed by atoms with E-state index in [1.807, 2.05) is 22.9 Å². The van der Waals surface area contributed by atoms with E-state index in [9.17, 15) is 0 Å². The molecule has 152 valence electrons. The Kier molecular flexibility index (Phi) is 5.60. The van der Waals surface area contributed by atoms with Crippen LogP contribution >= 0.6 is 7.92 Å². The van der Waals surface area contributed by atoms with Crippen LogP contribution in [0.3, 0.4) is 0 Å². The molecule has 0 unspecified atom stereocenters. The van der Waals surface area contributed by atoms with Crippen LogP contribution in [0.2, 0.25) is 0 Å². The second-order valence-corrected chi connectivity index (χ2v) is 9.88. The standard InChI is InChI=1S/C27H24N3P/c1-21(30-20-26(28-29-30)22-12-5-2-6-13-22)25-18-11-19-27(25)31(23-14-7-3-8-15-23)24-16-9-4-10-17-24/h2-18,20-21H,19H2,1H3/t21-/m0/s1. The molecule has 0 saturated heterocycles. The first-order chi connectivity index (χ1) is 15.3. The van der Waals surface area contributed by atoms with Crippen molar-refractivity contribution in [2.45, 2.75) is 19.4 Å². The average molecular weight is 421 g/mol. The average Bonchev–Trinajstić information content (AvgIpc) is 3.52. The quantitative estimate of drug-likeness (QED) is 0.366. The summed E-state index contributed by atoms with van der Waals surface area (Å²) in [7, 11) is -0.596. The highest BCUT2D eigenvalue weighted by Gasteiger charge is 2.26. The van der Waals surface area contributed by atoms with Crippen molar-refractivity contribution >= 4 is 18.5 Å². The zero-order valence-corrected chi connectivity index (χ0v) is 18.4. The van der Waals surface area contributed by atoms with Gasteiger partial charge in [0.25, 0.3) is 0 Å². The van der Waals surface area contributed by atoms with Crippen LogP contribution in [-0.4, -0.2) is 15.0 Å². The van der Waals surface area contributed by atoms with Crippen LogP contribution < -0.4 is 10.6 Å². The molecule has 1 heterocycles. The molecule has 0 N–H and O–H groups in total. The number of allylic oxidation sites excluding steroid dienone is 4. The van der Waals surface area contributed by atoms with Gasteiger partial charge in [-0.2, -0.15) is 0 Å². The summed E-state index contributed by atoms with van der Waals surface area (Å²) in [6.45, 7) is 2.22. The third-order valence-electron chi connectivity index (χ3n) is 5.67. The molecule has 4 heteroatoms. The van der Waals surface area contributed by atoms with Crippen LogP contribution in [0.4, 0.5) is 0 Å². The third kappa shape index (κ3) is 4.02. The van der Waals surface area contributed by atoms with Gasteiger partial charge in [0.05, 0.1) is 12.2 Å². The monoisotopic (exact) mass is 421 g/mol. The number of nitrogens with zero attached hydrogens (tertiary/aromatic N) is 3. The van der Waals surface area contributed by atoms with Gasteiger partial charge in [-0.15, -0.1) is 5.10 Å². The second-order valence-electron chi connectivity index (χ2n) is 7.64. The molecule has 0 aliphatic heterocycles. The van der Waals surface area contributed by atoms with E-state index in [0.29, 0.717) is 0 Å². The summed E-state index contributed by atoms with van der Waals surface area (Å²) in [5.41, 5.74) is 3.35. The molecule has 1 aliphatic rings. The summed E-state index contributed by atoms with van der Waals surface area (Å²) >= 11 is 0. The Balaban J connectivity index is 1.55. The highest BCUT2D eigenvalue weighted by atomic mass is 31.1. The molecule has 3 nitrogen and oxygen atoms in total. The van der Waals surface area contributed by atoms with E-state index < -0.39 is 7.92 Å². The highest BCUT2D eigenvalue weighted by molar-refractivity contribution is 7.76. The lowest BCUT2D eigenvalue weighted by molar-refractivity contribution is 0.542. The summed E-state index contributed by atoms with van der Waals surface area (Å²) in [5, 5.41) is 13.2. The van der Waals surface area contributed by atoms with E-state index in [1.54, 1.807) is 0 Å². The SMILES string of the molecule is C[C@@H](C1=C(P(c2ccccc2)c2ccccc2)CC=C1)n1cc(-c2ccccc2)nn1. The minimum Gasteiger partial charge on any atom is -0.245 e. The van der Waals surface area contributed by atoms with E-state index in [2.05, 4.69) is 108 Å². The van der Waals surface area contributed by atoms with Gasteiger partial charge < -0.3 is 0 Å². The van der Waals surface area contributed by atoms with Gasteiger partial charge in [0.15, 0.2) is 0 Å². The molecule has 1 atom stereocenters. The van der Waals surface area contributed by atoms with Crippen LogP contribution in [0.15, 0.2) is 120 Å². The van der Waals surface area contributed by atoms with Crippen molar-refractivity contribution in [2.75, 3.05) is 0 Å². The molecular weight excluding hydrogens is 397 g/mol. The Morgan fingerprint density at radius 3 is 2.00 bits per heavy atom. The van der Waals surface area contributed by atoms with Crippen LogP contribution in [0.5, 0.6) is 0 Å².